The Balaban J connectivity index is 1.64. The summed E-state index contributed by atoms with van der Waals surface area (Å²) >= 11 is 0. The van der Waals surface area contributed by atoms with Gasteiger partial charge in [0.1, 0.15) is 0 Å². The van der Waals surface area contributed by atoms with Crippen LogP contribution in [0.2, 0.25) is 0 Å². The number of anilines is 1. The summed E-state index contributed by atoms with van der Waals surface area (Å²) in [7, 11) is -0.645. The average Bonchev–Trinajstić information content (AvgIpc) is 3.20. The highest BCUT2D eigenvalue weighted by molar-refractivity contribution is 7.89. The van der Waals surface area contributed by atoms with E-state index in [4.69, 9.17) is 0 Å². The first-order chi connectivity index (χ1) is 13.9. The molecule has 3 aromatic rings. The zero-order valence-electron chi connectivity index (χ0n) is 16.2. The van der Waals surface area contributed by atoms with E-state index in [1.54, 1.807) is 18.3 Å². The van der Waals surface area contributed by atoms with E-state index in [0.717, 1.165) is 15.4 Å². The maximum Gasteiger partial charge on any atom is 0.319 e. The van der Waals surface area contributed by atoms with E-state index in [0.29, 0.717) is 18.8 Å². The standard InChI is InChI=1S/C20H23N5O3S/c1-24(2)29(27,28)19-10-5-9-18(13-19)23-20(26)21-14-16-7-3-4-8-17(16)15-25-12-6-11-22-25/h3-13H,14-15H2,1-2H3,(H2,21,23,26). The molecule has 152 valence electrons. The quantitative estimate of drug-likeness (QED) is 0.622. The molecule has 2 N–H and O–H groups in total. The SMILES string of the molecule is CN(C)S(=O)(=O)c1cccc(NC(=O)NCc2ccccc2Cn2cccn2)c1. The Morgan fingerprint density at radius 1 is 1.07 bits per heavy atom. The Labute approximate surface area is 170 Å². The Kier molecular flexibility index (Phi) is 6.30. The predicted molar refractivity (Wildman–Crippen MR) is 111 cm³/mol. The van der Waals surface area contributed by atoms with Crippen LogP contribution < -0.4 is 10.6 Å². The highest BCUT2D eigenvalue weighted by Gasteiger charge is 2.17. The van der Waals surface area contributed by atoms with Crippen molar-refractivity contribution in [3.8, 4) is 0 Å². The number of amides is 2. The van der Waals surface area contributed by atoms with Gasteiger partial charge in [0.15, 0.2) is 0 Å². The van der Waals surface area contributed by atoms with Crippen molar-refractivity contribution in [3.63, 3.8) is 0 Å². The van der Waals surface area contributed by atoms with Gasteiger partial charge in [0.2, 0.25) is 10.0 Å². The van der Waals surface area contributed by atoms with E-state index < -0.39 is 16.1 Å². The molecule has 1 aromatic heterocycles. The number of nitrogens with zero attached hydrogens (tertiary/aromatic N) is 3. The Bertz CT molecular complexity index is 1080. The first-order valence-corrected chi connectivity index (χ1v) is 10.4. The van der Waals surface area contributed by atoms with Gasteiger partial charge in [-0.25, -0.2) is 17.5 Å². The molecule has 0 fully saturated rings. The van der Waals surface area contributed by atoms with Crippen molar-refractivity contribution >= 4 is 21.7 Å². The van der Waals surface area contributed by atoms with Crippen LogP contribution in [0.25, 0.3) is 0 Å². The van der Waals surface area contributed by atoms with E-state index in [1.165, 1.54) is 26.2 Å². The molecule has 2 amide bonds. The molecule has 3 rings (SSSR count). The van der Waals surface area contributed by atoms with Crippen LogP contribution in [0.15, 0.2) is 71.9 Å². The number of urea groups is 1. The molecule has 0 saturated heterocycles. The predicted octanol–water partition coefficient (Wildman–Crippen LogP) is 2.50. The Hall–Kier alpha value is -3.17. The first-order valence-electron chi connectivity index (χ1n) is 8.98. The summed E-state index contributed by atoms with van der Waals surface area (Å²) in [6.45, 7) is 0.940. The second-order valence-electron chi connectivity index (χ2n) is 6.60. The third kappa shape index (κ3) is 5.21. The van der Waals surface area contributed by atoms with Crippen LogP contribution in [-0.2, 0) is 23.1 Å². The lowest BCUT2D eigenvalue weighted by molar-refractivity contribution is 0.251. The van der Waals surface area contributed by atoms with Crippen molar-refractivity contribution in [2.45, 2.75) is 18.0 Å². The monoisotopic (exact) mass is 413 g/mol. The van der Waals surface area contributed by atoms with Gasteiger partial charge >= 0.3 is 6.03 Å². The van der Waals surface area contributed by atoms with Crippen molar-refractivity contribution in [2.24, 2.45) is 0 Å². The summed E-state index contributed by atoms with van der Waals surface area (Å²) in [6, 6.07) is 15.4. The third-order valence-electron chi connectivity index (χ3n) is 4.32. The van der Waals surface area contributed by atoms with Crippen molar-refractivity contribution in [1.82, 2.24) is 19.4 Å². The van der Waals surface area contributed by atoms with E-state index in [-0.39, 0.29) is 4.90 Å². The van der Waals surface area contributed by atoms with Crippen LogP contribution in [0.4, 0.5) is 10.5 Å². The van der Waals surface area contributed by atoms with Gasteiger partial charge < -0.3 is 10.6 Å². The van der Waals surface area contributed by atoms with Crippen LogP contribution in [0.5, 0.6) is 0 Å². The van der Waals surface area contributed by atoms with Gasteiger partial charge in [0.05, 0.1) is 11.4 Å². The summed E-state index contributed by atoms with van der Waals surface area (Å²) in [6.07, 6.45) is 3.60. The molecule has 0 aliphatic heterocycles. The lowest BCUT2D eigenvalue weighted by Crippen LogP contribution is -2.29. The van der Waals surface area contributed by atoms with E-state index >= 15 is 0 Å². The third-order valence-corrected chi connectivity index (χ3v) is 6.13. The molecule has 0 saturated carbocycles. The molecular formula is C20H23N5O3S. The van der Waals surface area contributed by atoms with Crippen molar-refractivity contribution < 1.29 is 13.2 Å². The molecule has 1 heterocycles. The summed E-state index contributed by atoms with van der Waals surface area (Å²) in [5, 5.41) is 9.70. The highest BCUT2D eigenvalue weighted by Crippen LogP contribution is 2.18. The molecule has 0 radical (unpaired) electrons. The molecule has 0 aliphatic carbocycles. The molecule has 0 spiro atoms. The molecule has 8 nitrogen and oxygen atoms in total. The smallest absolute Gasteiger partial charge is 0.319 e. The minimum Gasteiger partial charge on any atom is -0.334 e. The topological polar surface area (TPSA) is 96.3 Å². The van der Waals surface area contributed by atoms with Crippen LogP contribution >= 0.6 is 0 Å². The summed E-state index contributed by atoms with van der Waals surface area (Å²) in [5.74, 6) is 0. The lowest BCUT2D eigenvalue weighted by atomic mass is 10.1. The van der Waals surface area contributed by atoms with E-state index in [1.807, 2.05) is 41.2 Å². The molecule has 0 atom stereocenters. The molecule has 0 unspecified atom stereocenters. The number of hydrogen-bond donors (Lipinski definition) is 2. The fourth-order valence-electron chi connectivity index (χ4n) is 2.75. The van der Waals surface area contributed by atoms with Gasteiger partial charge in [0, 0.05) is 38.7 Å². The van der Waals surface area contributed by atoms with Crippen LogP contribution in [0.1, 0.15) is 11.1 Å². The number of hydrogen-bond acceptors (Lipinski definition) is 4. The van der Waals surface area contributed by atoms with Gasteiger partial charge in [-0.3, -0.25) is 4.68 Å². The zero-order valence-corrected chi connectivity index (χ0v) is 17.1. The molecule has 9 heteroatoms. The number of nitrogens with one attached hydrogen (secondary N) is 2. The molecule has 0 bridgehead atoms. The largest absolute Gasteiger partial charge is 0.334 e. The lowest BCUT2D eigenvalue weighted by Gasteiger charge is -2.14. The Morgan fingerprint density at radius 2 is 1.83 bits per heavy atom. The number of benzene rings is 2. The first kappa shape index (κ1) is 20.6. The number of sulfonamides is 1. The fourth-order valence-corrected chi connectivity index (χ4v) is 3.70. The second-order valence-corrected chi connectivity index (χ2v) is 8.75. The number of carbonyl (C=O) groups is 1. The van der Waals surface area contributed by atoms with Crippen LogP contribution in [0, 0.1) is 0 Å². The van der Waals surface area contributed by atoms with E-state index in [9.17, 15) is 13.2 Å². The zero-order chi connectivity index (χ0) is 20.9. The molecule has 29 heavy (non-hydrogen) atoms. The maximum absolute atomic E-state index is 12.3. The van der Waals surface area contributed by atoms with E-state index in [2.05, 4.69) is 15.7 Å². The van der Waals surface area contributed by atoms with Crippen molar-refractivity contribution in [3.05, 3.63) is 78.1 Å². The van der Waals surface area contributed by atoms with Crippen LogP contribution in [0.3, 0.4) is 0 Å². The summed E-state index contributed by atoms with van der Waals surface area (Å²) < 4.78 is 27.4. The van der Waals surface area contributed by atoms with Gasteiger partial charge in [-0.05, 0) is 35.4 Å². The number of aromatic nitrogens is 2. The fraction of sp³-hybridized carbons (Fsp3) is 0.200. The van der Waals surface area contributed by atoms with Crippen LogP contribution in [-0.4, -0.2) is 42.6 Å². The molecule has 2 aromatic carbocycles. The van der Waals surface area contributed by atoms with Gasteiger partial charge in [-0.1, -0.05) is 30.3 Å². The summed E-state index contributed by atoms with van der Waals surface area (Å²) in [4.78, 5) is 12.4. The normalized spacial score (nSPS) is 11.4. The number of carbonyl (C=O) groups excluding carboxylic acids is 1. The summed E-state index contributed by atoms with van der Waals surface area (Å²) in [5.41, 5.74) is 2.42. The van der Waals surface area contributed by atoms with Crippen molar-refractivity contribution in [1.29, 1.82) is 0 Å². The minimum absolute atomic E-state index is 0.116. The average molecular weight is 414 g/mol. The highest BCUT2D eigenvalue weighted by atomic mass is 32.2. The molecular weight excluding hydrogens is 390 g/mol. The number of rotatable bonds is 7. The Morgan fingerprint density at radius 3 is 2.52 bits per heavy atom. The van der Waals surface area contributed by atoms with Gasteiger partial charge in [-0.15, -0.1) is 0 Å². The van der Waals surface area contributed by atoms with Gasteiger partial charge in [-0.2, -0.15) is 5.10 Å². The minimum atomic E-state index is -3.57. The maximum atomic E-state index is 12.3. The second kappa shape index (κ2) is 8.89. The molecule has 0 aliphatic rings. The van der Waals surface area contributed by atoms with Gasteiger partial charge in [0.25, 0.3) is 0 Å². The van der Waals surface area contributed by atoms with Crippen molar-refractivity contribution in [2.75, 3.05) is 19.4 Å².